The second-order valence-electron chi connectivity index (χ2n) is 5.15. The molecule has 0 unspecified atom stereocenters. The first-order chi connectivity index (χ1) is 10.5. The van der Waals surface area contributed by atoms with E-state index in [1.165, 1.54) is 0 Å². The Hall–Kier alpha value is -1.92. The molecule has 2 rings (SSSR count). The van der Waals surface area contributed by atoms with E-state index in [4.69, 9.17) is 5.73 Å². The van der Waals surface area contributed by atoms with Gasteiger partial charge in [-0.05, 0) is 24.3 Å². The zero-order chi connectivity index (χ0) is 16.0. The third kappa shape index (κ3) is 4.29. The number of hydrogen-bond donors (Lipinski definition) is 2. The van der Waals surface area contributed by atoms with Crippen molar-refractivity contribution in [2.24, 2.45) is 5.73 Å². The molecule has 0 radical (unpaired) electrons. The van der Waals surface area contributed by atoms with Crippen LogP contribution in [0.2, 0.25) is 0 Å². The summed E-state index contributed by atoms with van der Waals surface area (Å²) in [7, 11) is -3.53. The van der Waals surface area contributed by atoms with Crippen molar-refractivity contribution in [1.82, 2.24) is 4.72 Å². The summed E-state index contributed by atoms with van der Waals surface area (Å²) in [5.41, 5.74) is 5.05. The lowest BCUT2D eigenvalue weighted by Gasteiger charge is -2.09. The summed E-state index contributed by atoms with van der Waals surface area (Å²) >= 11 is 0. The highest BCUT2D eigenvalue weighted by atomic mass is 32.2. The van der Waals surface area contributed by atoms with Crippen LogP contribution < -0.4 is 10.5 Å². The quantitative estimate of drug-likeness (QED) is 0.730. The smallest absolute Gasteiger partial charge is 0.241 e. The van der Waals surface area contributed by atoms with Crippen molar-refractivity contribution in [3.05, 3.63) is 42.5 Å². The molecule has 0 heterocycles. The molecule has 0 aliphatic heterocycles. The van der Waals surface area contributed by atoms with Crippen LogP contribution in [-0.2, 0) is 14.8 Å². The van der Waals surface area contributed by atoms with Gasteiger partial charge in [0.15, 0.2) is 0 Å². The lowest BCUT2D eigenvalue weighted by molar-refractivity contribution is -0.118. The molecular formula is C16H20N2O3S. The summed E-state index contributed by atoms with van der Waals surface area (Å²) in [5, 5.41) is 1.61. The molecule has 0 aromatic heterocycles. The van der Waals surface area contributed by atoms with E-state index < -0.39 is 10.0 Å². The molecule has 0 spiro atoms. The van der Waals surface area contributed by atoms with E-state index in [9.17, 15) is 13.2 Å². The average molecular weight is 320 g/mol. The molecule has 0 saturated heterocycles. The number of carbonyl (C=O) groups is 1. The van der Waals surface area contributed by atoms with Gasteiger partial charge in [0.25, 0.3) is 0 Å². The van der Waals surface area contributed by atoms with E-state index in [0.717, 1.165) is 11.8 Å². The Kier molecular flexibility index (Phi) is 5.51. The van der Waals surface area contributed by atoms with E-state index >= 15 is 0 Å². The lowest BCUT2D eigenvalue weighted by atomic mass is 10.1. The van der Waals surface area contributed by atoms with Gasteiger partial charge in [-0.3, -0.25) is 4.79 Å². The van der Waals surface area contributed by atoms with Crippen LogP contribution in [0.5, 0.6) is 0 Å². The van der Waals surface area contributed by atoms with E-state index in [-0.39, 0.29) is 5.91 Å². The summed E-state index contributed by atoms with van der Waals surface area (Å²) in [5.74, 6) is -0.323. The van der Waals surface area contributed by atoms with Gasteiger partial charge in [0.05, 0.1) is 4.90 Å². The van der Waals surface area contributed by atoms with Crippen molar-refractivity contribution < 1.29 is 13.2 Å². The Bertz CT molecular complexity index is 752. The van der Waals surface area contributed by atoms with Crippen LogP contribution in [0.25, 0.3) is 10.8 Å². The Morgan fingerprint density at radius 3 is 2.50 bits per heavy atom. The van der Waals surface area contributed by atoms with Crippen LogP contribution in [0, 0.1) is 0 Å². The topological polar surface area (TPSA) is 89.3 Å². The maximum Gasteiger partial charge on any atom is 0.241 e. The molecule has 5 nitrogen and oxygen atoms in total. The van der Waals surface area contributed by atoms with Gasteiger partial charge in [0, 0.05) is 18.4 Å². The third-order valence-electron chi connectivity index (χ3n) is 3.43. The average Bonchev–Trinajstić information content (AvgIpc) is 2.50. The number of nitrogens with one attached hydrogen (secondary N) is 1. The van der Waals surface area contributed by atoms with Crippen LogP contribution in [-0.4, -0.2) is 20.9 Å². The van der Waals surface area contributed by atoms with Crippen LogP contribution in [0.15, 0.2) is 47.4 Å². The fourth-order valence-electron chi connectivity index (χ4n) is 2.32. The van der Waals surface area contributed by atoms with Crippen molar-refractivity contribution >= 4 is 26.7 Å². The maximum absolute atomic E-state index is 12.4. The van der Waals surface area contributed by atoms with E-state index in [1.807, 2.05) is 24.3 Å². The number of amides is 1. The van der Waals surface area contributed by atoms with Gasteiger partial charge in [-0.2, -0.15) is 0 Å². The van der Waals surface area contributed by atoms with Gasteiger partial charge in [0.2, 0.25) is 15.9 Å². The number of hydrogen-bond acceptors (Lipinski definition) is 3. The Morgan fingerprint density at radius 1 is 1.00 bits per heavy atom. The molecule has 0 bridgehead atoms. The summed E-state index contributed by atoms with van der Waals surface area (Å²) in [6.45, 7) is 0.352. The van der Waals surface area contributed by atoms with Gasteiger partial charge in [0.1, 0.15) is 0 Å². The second kappa shape index (κ2) is 7.38. The molecule has 22 heavy (non-hydrogen) atoms. The molecule has 118 valence electrons. The highest BCUT2D eigenvalue weighted by Gasteiger charge is 2.16. The van der Waals surface area contributed by atoms with Crippen LogP contribution in [0.1, 0.15) is 25.7 Å². The number of nitrogens with two attached hydrogens (primary N) is 1. The number of sulfonamides is 1. The Morgan fingerprint density at radius 2 is 1.73 bits per heavy atom. The zero-order valence-electron chi connectivity index (χ0n) is 12.3. The van der Waals surface area contributed by atoms with Crippen LogP contribution in [0.4, 0.5) is 0 Å². The lowest BCUT2D eigenvalue weighted by Crippen LogP contribution is -2.25. The zero-order valence-corrected chi connectivity index (χ0v) is 13.1. The SMILES string of the molecule is NC(=O)CCCCCNS(=O)(=O)c1cccc2ccccc12. The molecule has 6 heteroatoms. The van der Waals surface area contributed by atoms with Gasteiger partial charge in [-0.15, -0.1) is 0 Å². The second-order valence-corrected chi connectivity index (χ2v) is 6.89. The molecule has 2 aromatic carbocycles. The highest BCUT2D eigenvalue weighted by molar-refractivity contribution is 7.89. The van der Waals surface area contributed by atoms with Crippen molar-refractivity contribution in [2.75, 3.05) is 6.54 Å². The number of benzene rings is 2. The fraction of sp³-hybridized carbons (Fsp3) is 0.312. The van der Waals surface area contributed by atoms with Crippen molar-refractivity contribution in [3.8, 4) is 0 Å². The van der Waals surface area contributed by atoms with Crippen molar-refractivity contribution in [2.45, 2.75) is 30.6 Å². The van der Waals surface area contributed by atoms with E-state index in [1.54, 1.807) is 18.2 Å². The standard InChI is InChI=1S/C16H20N2O3S/c17-16(19)11-2-1-5-12-18-22(20,21)15-10-6-8-13-7-3-4-9-14(13)15/h3-4,6-10,18H,1-2,5,11-12H2,(H2,17,19). The highest BCUT2D eigenvalue weighted by Crippen LogP contribution is 2.22. The normalized spacial score (nSPS) is 11.6. The van der Waals surface area contributed by atoms with Gasteiger partial charge >= 0.3 is 0 Å². The molecule has 3 N–H and O–H groups in total. The van der Waals surface area contributed by atoms with Gasteiger partial charge in [-0.1, -0.05) is 42.8 Å². The summed E-state index contributed by atoms with van der Waals surface area (Å²) in [4.78, 5) is 10.9. The molecule has 0 aliphatic carbocycles. The fourth-order valence-corrected chi connectivity index (χ4v) is 3.62. The molecule has 2 aromatic rings. The minimum absolute atomic E-state index is 0.294. The molecular weight excluding hydrogens is 300 g/mol. The molecule has 0 fully saturated rings. The minimum Gasteiger partial charge on any atom is -0.370 e. The predicted octanol–water partition coefficient (Wildman–Crippen LogP) is 2.16. The number of primary amides is 1. The molecule has 0 atom stereocenters. The Balaban J connectivity index is 1.99. The van der Waals surface area contributed by atoms with Crippen LogP contribution in [0.3, 0.4) is 0 Å². The van der Waals surface area contributed by atoms with Gasteiger partial charge < -0.3 is 5.73 Å². The summed E-state index contributed by atoms with van der Waals surface area (Å²) < 4.78 is 27.4. The summed E-state index contributed by atoms with van der Waals surface area (Å²) in [6, 6.07) is 12.6. The van der Waals surface area contributed by atoms with Gasteiger partial charge in [-0.25, -0.2) is 13.1 Å². The Labute approximate surface area is 130 Å². The summed E-state index contributed by atoms with van der Waals surface area (Å²) in [6.07, 6.45) is 2.47. The monoisotopic (exact) mass is 320 g/mol. The third-order valence-corrected chi connectivity index (χ3v) is 4.95. The van der Waals surface area contributed by atoms with Crippen molar-refractivity contribution in [1.29, 1.82) is 0 Å². The van der Waals surface area contributed by atoms with E-state index in [2.05, 4.69) is 4.72 Å². The first-order valence-corrected chi connectivity index (χ1v) is 8.75. The van der Waals surface area contributed by atoms with Crippen molar-refractivity contribution in [3.63, 3.8) is 0 Å². The molecule has 0 saturated carbocycles. The largest absolute Gasteiger partial charge is 0.370 e. The molecule has 0 aliphatic rings. The molecule has 1 amide bonds. The minimum atomic E-state index is -3.53. The first kappa shape index (κ1) is 16.5. The number of unbranched alkanes of at least 4 members (excludes halogenated alkanes) is 2. The number of fused-ring (bicyclic) bond motifs is 1. The first-order valence-electron chi connectivity index (χ1n) is 7.26. The number of carbonyl (C=O) groups excluding carboxylic acids is 1. The van der Waals surface area contributed by atoms with Crippen LogP contribution >= 0.6 is 0 Å². The number of rotatable bonds is 8. The van der Waals surface area contributed by atoms with E-state index in [0.29, 0.717) is 36.1 Å². The predicted molar refractivity (Wildman–Crippen MR) is 86.8 cm³/mol. The maximum atomic E-state index is 12.4.